The fourth-order valence-electron chi connectivity index (χ4n) is 9.67. The molecule has 12 aromatic rings. The van der Waals surface area contributed by atoms with Crippen LogP contribution < -0.4 is 20.2 Å². The smallest absolute Gasteiger partial charge is 0.406 e. The lowest BCUT2D eigenvalue weighted by Gasteiger charge is -2.08. The first kappa shape index (κ1) is 69.3. The molecular weight excluding hydrogens is 1360 g/mol. The van der Waals surface area contributed by atoms with Crippen LogP contribution in [0.25, 0.3) is 103 Å². The summed E-state index contributed by atoms with van der Waals surface area (Å²) in [6.07, 6.45) is 0.684. The molecule has 9 aromatic carbocycles. The molecule has 0 fully saturated rings. The summed E-state index contributed by atoms with van der Waals surface area (Å²) in [5.41, 5.74) is 2.83. The van der Waals surface area contributed by atoms with Gasteiger partial charge in [0.2, 0.25) is 30.1 Å². The molecule has 0 saturated carbocycles. The lowest BCUT2D eigenvalue weighted by atomic mass is 10.1. The molecule has 0 bridgehead atoms. The molecule has 498 valence electrons. The standard InChI is InChI=1S/C22H16F3N3O4S2.C22H16F3N3O3S.C22H16F3N3O2S/c23-22(24,25)33(29,30)16-9-5-14(6-10-16)7-12-21-27-18-11-8-15(13-19(18)28-21)17-3-1-2-4-20(17)34(26,31)32;23-22(24,25)31-16-9-5-14(6-10-16)7-12-21-27-18-11-8-15(13-19(18)28-21)17-3-1-2-4-20(17)32(26,29)30;23-22(24,25)16-9-5-14(6-10-16)7-12-21-27-18-11-8-15(13-19(18)28-21)17-3-1-2-4-20(17)31(26,29)30/h1-13H,(H,27,28)(H2,26,31,32);1-13H,(H,27,28)(H2,26,29,30);1-13H,(H,27,28)(H2,26,29,30)/b3*12-7+. The highest BCUT2D eigenvalue weighted by molar-refractivity contribution is 7.92. The van der Waals surface area contributed by atoms with Gasteiger partial charge in [0.15, 0.2) is 0 Å². The number of aromatic amines is 3. The van der Waals surface area contributed by atoms with E-state index in [9.17, 15) is 73.2 Å². The Bertz CT molecular complexity index is 5510. The van der Waals surface area contributed by atoms with Crippen LogP contribution in [0.1, 0.15) is 39.7 Å². The number of nitrogens with two attached hydrogens (primary N) is 3. The maximum Gasteiger partial charge on any atom is 0.573 e. The minimum atomic E-state index is -5.41. The van der Waals surface area contributed by atoms with Crippen LogP contribution >= 0.6 is 0 Å². The van der Waals surface area contributed by atoms with Gasteiger partial charge in [-0.2, -0.15) is 26.3 Å². The highest BCUT2D eigenvalue weighted by Gasteiger charge is 2.46. The van der Waals surface area contributed by atoms with E-state index in [4.69, 9.17) is 15.4 Å². The van der Waals surface area contributed by atoms with Crippen LogP contribution in [0.4, 0.5) is 39.5 Å². The van der Waals surface area contributed by atoms with E-state index < -0.39 is 68.4 Å². The van der Waals surface area contributed by atoms with E-state index >= 15 is 0 Å². The van der Waals surface area contributed by atoms with Crippen LogP contribution in [0, 0.1) is 0 Å². The molecule has 0 unspecified atom stereocenters. The van der Waals surface area contributed by atoms with E-state index in [0.29, 0.717) is 101 Å². The number of imidazole rings is 3. The van der Waals surface area contributed by atoms with Gasteiger partial charge in [-0.15, -0.1) is 13.2 Å². The Morgan fingerprint density at radius 3 is 0.979 bits per heavy atom. The van der Waals surface area contributed by atoms with Crippen molar-refractivity contribution in [2.45, 2.75) is 37.6 Å². The summed E-state index contributed by atoms with van der Waals surface area (Å²) >= 11 is 0. The van der Waals surface area contributed by atoms with E-state index in [1.165, 1.54) is 66.7 Å². The van der Waals surface area contributed by atoms with E-state index in [-0.39, 0.29) is 20.4 Å². The van der Waals surface area contributed by atoms with E-state index in [2.05, 4.69) is 34.6 Å². The number of nitrogens with one attached hydrogen (secondary N) is 3. The van der Waals surface area contributed by atoms with Gasteiger partial charge in [0.05, 0.1) is 58.2 Å². The summed E-state index contributed by atoms with van der Waals surface area (Å²) < 4.78 is 211. The van der Waals surface area contributed by atoms with Crippen molar-refractivity contribution in [3.05, 3.63) is 240 Å². The Kier molecular flexibility index (Phi) is 19.5. The molecule has 0 aliphatic rings. The minimum Gasteiger partial charge on any atom is -0.406 e. The van der Waals surface area contributed by atoms with Crippen molar-refractivity contribution in [2.75, 3.05) is 0 Å². The number of ether oxygens (including phenoxy) is 1. The maximum absolute atomic E-state index is 12.7. The molecule has 3 heterocycles. The Morgan fingerprint density at radius 1 is 0.371 bits per heavy atom. The van der Waals surface area contributed by atoms with Gasteiger partial charge in [0.25, 0.3) is 9.84 Å². The fraction of sp³-hybridized carbons (Fsp3) is 0.0455. The van der Waals surface area contributed by atoms with Gasteiger partial charge in [0, 0.05) is 16.7 Å². The molecule has 9 N–H and O–H groups in total. The SMILES string of the molecule is NS(=O)(=O)c1ccccc1-c1ccc2nc(/C=C/c3ccc(C(F)(F)F)cc3)[nH]c2c1.NS(=O)(=O)c1ccccc1-c1ccc2nc(/C=C/c3ccc(OC(F)(F)F)cc3)[nH]c2c1.NS(=O)(=O)c1ccccc1-c1ccc2nc(/C=C/c3ccc(S(=O)(=O)C(F)(F)F)cc3)[nH]c2c1. The van der Waals surface area contributed by atoms with Gasteiger partial charge in [0.1, 0.15) is 23.2 Å². The number of primary sulfonamides is 3. The molecule has 3 aromatic heterocycles. The predicted octanol–water partition coefficient (Wildman–Crippen LogP) is 14.4. The highest BCUT2D eigenvalue weighted by Crippen LogP contribution is 2.35. The third kappa shape index (κ3) is 17.1. The van der Waals surface area contributed by atoms with Crippen LogP contribution in [0.2, 0.25) is 0 Å². The normalized spacial score (nSPS) is 12.7. The van der Waals surface area contributed by atoms with E-state index in [0.717, 1.165) is 24.3 Å². The lowest BCUT2D eigenvalue weighted by Crippen LogP contribution is -2.23. The second-order valence-electron chi connectivity index (χ2n) is 20.9. The largest absolute Gasteiger partial charge is 0.573 e. The molecule has 0 atom stereocenters. The lowest BCUT2D eigenvalue weighted by molar-refractivity contribution is -0.274. The number of aromatic nitrogens is 6. The number of hydrogen-bond donors (Lipinski definition) is 6. The number of alkyl halides is 9. The summed E-state index contributed by atoms with van der Waals surface area (Å²) in [6, 6.07) is 49.4. The van der Waals surface area contributed by atoms with Crippen LogP contribution in [-0.4, -0.2) is 75.4 Å². The molecule has 12 rings (SSSR count). The van der Waals surface area contributed by atoms with Crippen LogP contribution in [0.5, 0.6) is 5.75 Å². The van der Waals surface area contributed by atoms with Crippen molar-refractivity contribution in [1.82, 2.24) is 29.9 Å². The van der Waals surface area contributed by atoms with Gasteiger partial charge in [-0.05, 0) is 143 Å². The Hall–Kier alpha value is -10.5. The minimum absolute atomic E-state index is 0.00929. The van der Waals surface area contributed by atoms with Crippen LogP contribution in [-0.2, 0) is 46.1 Å². The maximum atomic E-state index is 12.7. The first-order chi connectivity index (χ1) is 45.6. The van der Waals surface area contributed by atoms with Crippen molar-refractivity contribution >= 4 is 109 Å². The number of sulfonamides is 3. The number of rotatable bonds is 14. The fourth-order valence-corrected chi connectivity index (χ4v) is 12.7. The van der Waals surface area contributed by atoms with Gasteiger partial charge < -0.3 is 19.7 Å². The summed E-state index contributed by atoms with van der Waals surface area (Å²) in [4.78, 5) is 21.8. The third-order valence-electron chi connectivity index (χ3n) is 14.2. The molecule has 0 aliphatic carbocycles. The summed E-state index contributed by atoms with van der Waals surface area (Å²) in [6.45, 7) is 0. The zero-order valence-electron chi connectivity index (χ0n) is 49.3. The summed E-state index contributed by atoms with van der Waals surface area (Å²) in [5.74, 6) is 1.16. The number of H-pyrrole nitrogens is 3. The molecule has 0 amide bonds. The van der Waals surface area contributed by atoms with Crippen LogP contribution in [0.3, 0.4) is 0 Å². The molecule has 0 aliphatic heterocycles. The second kappa shape index (κ2) is 27.3. The van der Waals surface area contributed by atoms with E-state index in [1.807, 2.05) is 0 Å². The van der Waals surface area contributed by atoms with Gasteiger partial charge >= 0.3 is 18.0 Å². The number of hydrogen-bond acceptors (Lipinski definition) is 12. The summed E-state index contributed by atoms with van der Waals surface area (Å²) in [7, 11) is -17.1. The molecular formula is C66H48F9N9O9S4. The predicted molar refractivity (Wildman–Crippen MR) is 350 cm³/mol. The average Bonchev–Trinajstić information content (AvgIpc) is 1.80. The third-order valence-corrected chi connectivity index (χ3v) is 18.6. The van der Waals surface area contributed by atoms with Gasteiger partial charge in [-0.25, -0.2) is 64.0 Å². The van der Waals surface area contributed by atoms with Crippen molar-refractivity contribution in [3.8, 4) is 39.1 Å². The van der Waals surface area contributed by atoms with Crippen molar-refractivity contribution < 1.29 is 77.9 Å². The Balaban J connectivity index is 0.000000158. The molecule has 31 heteroatoms. The Morgan fingerprint density at radius 2 is 0.680 bits per heavy atom. The number of halogens is 9. The van der Waals surface area contributed by atoms with Crippen LogP contribution in [0.15, 0.2) is 220 Å². The molecule has 0 saturated heterocycles. The topological polar surface area (TPSA) is 310 Å². The Labute approximate surface area is 546 Å². The first-order valence-corrected chi connectivity index (χ1v) is 34.0. The molecule has 97 heavy (non-hydrogen) atoms. The number of nitrogens with zero attached hydrogens (tertiary/aromatic N) is 3. The first-order valence-electron chi connectivity index (χ1n) is 27.9. The second-order valence-corrected chi connectivity index (χ2v) is 27.5. The quantitative estimate of drug-likeness (QED) is 0.0554. The van der Waals surface area contributed by atoms with Crippen molar-refractivity contribution in [3.63, 3.8) is 0 Å². The van der Waals surface area contributed by atoms with Gasteiger partial charge in [-0.1, -0.05) is 127 Å². The highest BCUT2D eigenvalue weighted by atomic mass is 32.2. The molecule has 18 nitrogen and oxygen atoms in total. The number of fused-ring (bicyclic) bond motifs is 3. The number of sulfone groups is 1. The summed E-state index contributed by atoms with van der Waals surface area (Å²) in [5, 5.41) is 16.0. The van der Waals surface area contributed by atoms with Crippen molar-refractivity contribution in [2.24, 2.45) is 15.4 Å². The monoisotopic (exact) mass is 1410 g/mol. The average molecular weight is 1410 g/mol. The van der Waals surface area contributed by atoms with E-state index in [1.54, 1.807) is 146 Å². The number of benzene rings is 9. The zero-order valence-corrected chi connectivity index (χ0v) is 52.6. The molecule has 0 radical (unpaired) electrons. The van der Waals surface area contributed by atoms with Gasteiger partial charge in [-0.3, -0.25) is 0 Å². The van der Waals surface area contributed by atoms with Crippen molar-refractivity contribution in [1.29, 1.82) is 0 Å². The zero-order chi connectivity index (χ0) is 69.9. The molecule has 0 spiro atoms.